The molecule has 9 heteroatoms. The number of nitrogens with zero attached hydrogens (tertiary/aromatic N) is 1. The van der Waals surface area contributed by atoms with Crippen LogP contribution in [0, 0.1) is 0 Å². The molecule has 1 unspecified atom stereocenters. The second-order valence-corrected chi connectivity index (χ2v) is 6.08. The summed E-state index contributed by atoms with van der Waals surface area (Å²) in [5, 5.41) is 5.42. The van der Waals surface area contributed by atoms with Crippen LogP contribution < -0.4 is 10.6 Å². The maximum absolute atomic E-state index is 13.2. The van der Waals surface area contributed by atoms with E-state index in [1.807, 2.05) is 0 Å². The standard InChI is InChI=1S/C15H26F3N3O3/c16-15(17,18)13(21-6-4-19-5-7-21)11-20-14(22)3-10-24-12-1-8-23-9-2-12/h12-13,19H,1-11H2,(H,20,22). The zero-order chi connectivity index (χ0) is 17.4. The fourth-order valence-corrected chi connectivity index (χ4v) is 2.91. The van der Waals surface area contributed by atoms with Crippen molar-refractivity contribution in [3.63, 3.8) is 0 Å². The summed E-state index contributed by atoms with van der Waals surface area (Å²) >= 11 is 0. The normalized spacial score (nSPS) is 22.3. The number of nitrogens with one attached hydrogen (secondary N) is 2. The zero-order valence-corrected chi connectivity index (χ0v) is 13.7. The molecule has 0 radical (unpaired) electrons. The molecule has 24 heavy (non-hydrogen) atoms. The number of ether oxygens (including phenoxy) is 2. The fourth-order valence-electron chi connectivity index (χ4n) is 2.91. The monoisotopic (exact) mass is 353 g/mol. The lowest BCUT2D eigenvalue weighted by atomic mass is 10.1. The van der Waals surface area contributed by atoms with Gasteiger partial charge in [-0.05, 0) is 12.8 Å². The number of halogens is 3. The van der Waals surface area contributed by atoms with Crippen LogP contribution in [-0.4, -0.2) is 81.7 Å². The van der Waals surface area contributed by atoms with Crippen molar-refractivity contribution in [1.29, 1.82) is 0 Å². The first-order valence-corrected chi connectivity index (χ1v) is 8.44. The van der Waals surface area contributed by atoms with Gasteiger partial charge in [-0.1, -0.05) is 0 Å². The lowest BCUT2D eigenvalue weighted by Gasteiger charge is -2.35. The van der Waals surface area contributed by atoms with E-state index in [0.29, 0.717) is 39.4 Å². The number of rotatable bonds is 7. The van der Waals surface area contributed by atoms with E-state index in [1.165, 1.54) is 4.90 Å². The van der Waals surface area contributed by atoms with E-state index in [4.69, 9.17) is 9.47 Å². The Morgan fingerprint density at radius 2 is 1.96 bits per heavy atom. The number of hydrogen-bond donors (Lipinski definition) is 2. The molecule has 6 nitrogen and oxygen atoms in total. The molecule has 2 rings (SSSR count). The van der Waals surface area contributed by atoms with Crippen LogP contribution in [-0.2, 0) is 14.3 Å². The van der Waals surface area contributed by atoms with Crippen LogP contribution in [0.3, 0.4) is 0 Å². The molecule has 0 aromatic rings. The van der Waals surface area contributed by atoms with E-state index >= 15 is 0 Å². The molecular weight excluding hydrogens is 327 g/mol. The molecule has 140 valence electrons. The van der Waals surface area contributed by atoms with Gasteiger partial charge < -0.3 is 20.1 Å². The van der Waals surface area contributed by atoms with E-state index in [0.717, 1.165) is 12.8 Å². The molecule has 0 aromatic carbocycles. The molecule has 0 aromatic heterocycles. The predicted octanol–water partition coefficient (Wildman–Crippen LogP) is 0.524. The smallest absolute Gasteiger partial charge is 0.381 e. The molecule has 2 heterocycles. The third-order valence-corrected chi connectivity index (χ3v) is 4.31. The van der Waals surface area contributed by atoms with Crippen LogP contribution in [0.5, 0.6) is 0 Å². The maximum Gasteiger partial charge on any atom is 0.405 e. The summed E-state index contributed by atoms with van der Waals surface area (Å²) < 4.78 is 50.4. The largest absolute Gasteiger partial charge is 0.405 e. The Morgan fingerprint density at radius 3 is 2.58 bits per heavy atom. The molecular formula is C15H26F3N3O3. The van der Waals surface area contributed by atoms with Gasteiger partial charge in [0.15, 0.2) is 0 Å². The fraction of sp³-hybridized carbons (Fsp3) is 0.933. The lowest BCUT2D eigenvalue weighted by molar-refractivity contribution is -0.184. The summed E-state index contributed by atoms with van der Waals surface area (Å²) in [4.78, 5) is 13.2. The van der Waals surface area contributed by atoms with Gasteiger partial charge in [0.05, 0.1) is 12.7 Å². The van der Waals surface area contributed by atoms with Gasteiger partial charge in [-0.25, -0.2) is 0 Å². The van der Waals surface area contributed by atoms with E-state index < -0.39 is 24.7 Å². The summed E-state index contributed by atoms with van der Waals surface area (Å²) in [5.74, 6) is -0.411. The van der Waals surface area contributed by atoms with Gasteiger partial charge in [0.2, 0.25) is 5.91 Å². The van der Waals surface area contributed by atoms with Crippen molar-refractivity contribution in [2.75, 3.05) is 52.5 Å². The van der Waals surface area contributed by atoms with Crippen LogP contribution in [0.1, 0.15) is 19.3 Å². The van der Waals surface area contributed by atoms with Gasteiger partial charge in [0.1, 0.15) is 6.04 Å². The maximum atomic E-state index is 13.2. The molecule has 0 bridgehead atoms. The molecule has 2 saturated heterocycles. The first-order valence-electron chi connectivity index (χ1n) is 8.44. The summed E-state index contributed by atoms with van der Waals surface area (Å²) in [6, 6.07) is -1.64. The summed E-state index contributed by atoms with van der Waals surface area (Å²) in [6.45, 7) is 2.81. The number of carbonyl (C=O) groups excluding carboxylic acids is 1. The Bertz CT molecular complexity index is 384. The van der Waals surface area contributed by atoms with Gasteiger partial charge in [0, 0.05) is 52.4 Å². The molecule has 1 atom stereocenters. The van der Waals surface area contributed by atoms with Crippen molar-refractivity contribution in [1.82, 2.24) is 15.5 Å². The van der Waals surface area contributed by atoms with E-state index in [1.54, 1.807) is 0 Å². The Hall–Kier alpha value is -0.900. The highest BCUT2D eigenvalue weighted by atomic mass is 19.4. The van der Waals surface area contributed by atoms with Crippen molar-refractivity contribution in [2.24, 2.45) is 0 Å². The van der Waals surface area contributed by atoms with Gasteiger partial charge in [-0.15, -0.1) is 0 Å². The Balaban J connectivity index is 1.69. The second kappa shape index (κ2) is 9.55. The van der Waals surface area contributed by atoms with Crippen molar-refractivity contribution < 1.29 is 27.4 Å². The zero-order valence-electron chi connectivity index (χ0n) is 13.7. The van der Waals surface area contributed by atoms with Crippen molar-refractivity contribution >= 4 is 5.91 Å². The van der Waals surface area contributed by atoms with Gasteiger partial charge in [0.25, 0.3) is 0 Å². The van der Waals surface area contributed by atoms with E-state index in [2.05, 4.69) is 10.6 Å². The SMILES string of the molecule is O=C(CCOC1CCOCC1)NCC(N1CCNCC1)C(F)(F)F. The Morgan fingerprint density at radius 1 is 1.29 bits per heavy atom. The number of piperazine rings is 1. The molecule has 0 saturated carbocycles. The Kier molecular flexibility index (Phi) is 7.73. The highest BCUT2D eigenvalue weighted by molar-refractivity contribution is 5.76. The van der Waals surface area contributed by atoms with E-state index in [-0.39, 0.29) is 19.1 Å². The van der Waals surface area contributed by atoms with Crippen LogP contribution >= 0.6 is 0 Å². The van der Waals surface area contributed by atoms with Crippen molar-refractivity contribution in [3.8, 4) is 0 Å². The predicted molar refractivity (Wildman–Crippen MR) is 81.7 cm³/mol. The minimum absolute atomic E-state index is 0.0729. The number of hydrogen-bond acceptors (Lipinski definition) is 5. The van der Waals surface area contributed by atoms with Crippen LogP contribution in [0.4, 0.5) is 13.2 Å². The molecule has 2 aliphatic heterocycles. The third kappa shape index (κ3) is 6.54. The summed E-state index contributed by atoms with van der Waals surface area (Å²) in [7, 11) is 0. The average molecular weight is 353 g/mol. The highest BCUT2D eigenvalue weighted by Crippen LogP contribution is 2.24. The minimum atomic E-state index is -4.36. The average Bonchev–Trinajstić information content (AvgIpc) is 2.56. The molecule has 0 aliphatic carbocycles. The highest BCUT2D eigenvalue weighted by Gasteiger charge is 2.43. The van der Waals surface area contributed by atoms with Crippen LogP contribution in [0.25, 0.3) is 0 Å². The first-order chi connectivity index (χ1) is 11.5. The summed E-state index contributed by atoms with van der Waals surface area (Å²) in [6.07, 6.45) is -2.62. The third-order valence-electron chi connectivity index (χ3n) is 4.31. The van der Waals surface area contributed by atoms with Gasteiger partial charge in [-0.2, -0.15) is 13.2 Å². The van der Waals surface area contributed by atoms with Crippen molar-refractivity contribution in [2.45, 2.75) is 37.6 Å². The number of alkyl halides is 3. The molecule has 0 spiro atoms. The van der Waals surface area contributed by atoms with Gasteiger partial charge in [-0.3, -0.25) is 9.69 Å². The lowest BCUT2D eigenvalue weighted by Crippen LogP contribution is -2.57. The van der Waals surface area contributed by atoms with Crippen LogP contribution in [0.2, 0.25) is 0 Å². The molecule has 2 N–H and O–H groups in total. The second-order valence-electron chi connectivity index (χ2n) is 6.08. The number of amides is 1. The molecule has 2 fully saturated rings. The number of carbonyl (C=O) groups is 1. The topological polar surface area (TPSA) is 62.8 Å². The van der Waals surface area contributed by atoms with Gasteiger partial charge >= 0.3 is 6.18 Å². The quantitative estimate of drug-likeness (QED) is 0.699. The van der Waals surface area contributed by atoms with E-state index in [9.17, 15) is 18.0 Å². The van der Waals surface area contributed by atoms with Crippen molar-refractivity contribution in [3.05, 3.63) is 0 Å². The molecule has 2 aliphatic rings. The Labute approximate surface area is 140 Å². The first kappa shape index (κ1) is 19.4. The van der Waals surface area contributed by atoms with Crippen LogP contribution in [0.15, 0.2) is 0 Å². The minimum Gasteiger partial charge on any atom is -0.381 e. The molecule has 1 amide bonds. The summed E-state index contributed by atoms with van der Waals surface area (Å²) in [5.41, 5.74) is 0.